The molecular weight excluding hydrogens is 580 g/mol. The number of aliphatic hydroxyl groups excluding tert-OH is 2. The summed E-state index contributed by atoms with van der Waals surface area (Å²) < 4.78 is 0. The molecule has 1 aliphatic heterocycles. The molecule has 4 N–H and O–H groups in total. The standard InChI is InChI=1S/C37H60N4O5/c1-5-31(37(46)39-32(25-29-17-11-7-12-18-29)35(44)33(42)23-27(2)3)38-36(45)30(24-28-15-9-6-10-16-28)26-34(43)40(4)21-22-41-19-13-8-14-20-41/h6,8-10,13,15-16,27,29-33,35,42,44H,5,7,11-12,14,17-26H2,1-4H3,(H,38,45)(H,39,46)/t30-,31+,32+,33+,35?/m1/s1. The van der Waals surface area contributed by atoms with Crippen molar-refractivity contribution in [2.24, 2.45) is 17.8 Å². The van der Waals surface area contributed by atoms with Gasteiger partial charge in [-0.1, -0.05) is 95.4 Å². The van der Waals surface area contributed by atoms with Gasteiger partial charge in [0.25, 0.3) is 0 Å². The first kappa shape index (κ1) is 37.7. The molecule has 46 heavy (non-hydrogen) atoms. The van der Waals surface area contributed by atoms with Crippen molar-refractivity contribution in [1.82, 2.24) is 20.4 Å². The molecule has 5 atom stereocenters. The van der Waals surface area contributed by atoms with E-state index in [1.54, 1.807) is 11.9 Å². The summed E-state index contributed by atoms with van der Waals surface area (Å²) in [6.45, 7) is 9.05. The van der Waals surface area contributed by atoms with E-state index >= 15 is 0 Å². The van der Waals surface area contributed by atoms with Crippen LogP contribution < -0.4 is 10.6 Å². The fourth-order valence-corrected chi connectivity index (χ4v) is 6.71. The number of aliphatic hydroxyl groups is 2. The van der Waals surface area contributed by atoms with E-state index in [9.17, 15) is 24.6 Å². The largest absolute Gasteiger partial charge is 0.390 e. The Bertz CT molecular complexity index is 1090. The Morgan fingerprint density at radius 1 is 1.00 bits per heavy atom. The second-order valence-corrected chi connectivity index (χ2v) is 14.0. The SMILES string of the molecule is CC[C@H](NC(=O)[C@@H](CC(=O)N(C)CCN1CC=CCC1)Cc1ccccc1)C(=O)N[C@@H](CC1CCCCC1)C(O)[C@@H](O)CC(C)C. The average Bonchev–Trinajstić information content (AvgIpc) is 3.06. The van der Waals surface area contributed by atoms with Crippen LogP contribution in [-0.4, -0.2) is 95.3 Å². The van der Waals surface area contributed by atoms with Crippen LogP contribution in [0, 0.1) is 17.8 Å². The highest BCUT2D eigenvalue weighted by Gasteiger charge is 2.34. The zero-order valence-corrected chi connectivity index (χ0v) is 28.7. The lowest BCUT2D eigenvalue weighted by atomic mass is 9.82. The number of amides is 3. The smallest absolute Gasteiger partial charge is 0.242 e. The van der Waals surface area contributed by atoms with Gasteiger partial charge < -0.3 is 25.7 Å². The fourth-order valence-electron chi connectivity index (χ4n) is 6.71. The number of rotatable bonds is 18. The number of nitrogens with zero attached hydrogens (tertiary/aromatic N) is 2. The molecule has 2 aliphatic rings. The molecule has 258 valence electrons. The third-order valence-electron chi connectivity index (χ3n) is 9.64. The van der Waals surface area contributed by atoms with E-state index in [-0.39, 0.29) is 30.1 Å². The van der Waals surface area contributed by atoms with Gasteiger partial charge in [-0.15, -0.1) is 0 Å². The summed E-state index contributed by atoms with van der Waals surface area (Å²) in [5, 5.41) is 27.9. The number of hydrogen-bond donors (Lipinski definition) is 4. The Labute approximate surface area is 277 Å². The third-order valence-corrected chi connectivity index (χ3v) is 9.64. The minimum atomic E-state index is -1.10. The minimum absolute atomic E-state index is 0.0413. The van der Waals surface area contributed by atoms with Crippen LogP contribution in [0.5, 0.6) is 0 Å². The molecule has 1 aliphatic carbocycles. The van der Waals surface area contributed by atoms with Gasteiger partial charge in [0.15, 0.2) is 0 Å². The molecule has 0 saturated heterocycles. The molecule has 1 aromatic rings. The highest BCUT2D eigenvalue weighted by atomic mass is 16.3. The van der Waals surface area contributed by atoms with E-state index in [0.29, 0.717) is 38.1 Å². The zero-order chi connectivity index (χ0) is 33.5. The number of carbonyl (C=O) groups excluding carboxylic acids is 3. The molecule has 3 amide bonds. The summed E-state index contributed by atoms with van der Waals surface area (Å²) in [5.74, 6) is -0.879. The molecule has 1 fully saturated rings. The highest BCUT2D eigenvalue weighted by molar-refractivity contribution is 5.91. The van der Waals surface area contributed by atoms with Crippen molar-refractivity contribution in [3.8, 4) is 0 Å². The van der Waals surface area contributed by atoms with E-state index < -0.39 is 30.2 Å². The van der Waals surface area contributed by atoms with Crippen molar-refractivity contribution >= 4 is 17.7 Å². The van der Waals surface area contributed by atoms with Crippen LogP contribution in [0.3, 0.4) is 0 Å². The third kappa shape index (κ3) is 12.8. The molecule has 0 bridgehead atoms. The van der Waals surface area contributed by atoms with Crippen molar-refractivity contribution < 1.29 is 24.6 Å². The molecule has 9 nitrogen and oxygen atoms in total. The number of hydrogen-bond acceptors (Lipinski definition) is 6. The maximum Gasteiger partial charge on any atom is 0.242 e. The first-order chi connectivity index (χ1) is 22.1. The van der Waals surface area contributed by atoms with Crippen LogP contribution in [0.2, 0.25) is 0 Å². The van der Waals surface area contributed by atoms with E-state index in [0.717, 1.165) is 57.3 Å². The maximum absolute atomic E-state index is 13.8. The minimum Gasteiger partial charge on any atom is -0.390 e. The highest BCUT2D eigenvalue weighted by Crippen LogP contribution is 2.29. The Morgan fingerprint density at radius 3 is 2.35 bits per heavy atom. The zero-order valence-electron chi connectivity index (χ0n) is 28.7. The lowest BCUT2D eigenvalue weighted by Gasteiger charge is -2.33. The van der Waals surface area contributed by atoms with Crippen molar-refractivity contribution in [1.29, 1.82) is 0 Å². The Hall–Kier alpha value is -2.75. The lowest BCUT2D eigenvalue weighted by molar-refractivity contribution is -0.137. The van der Waals surface area contributed by atoms with Gasteiger partial charge in [0.2, 0.25) is 17.7 Å². The van der Waals surface area contributed by atoms with Crippen LogP contribution in [0.4, 0.5) is 0 Å². The van der Waals surface area contributed by atoms with Crippen molar-refractivity contribution in [3.05, 3.63) is 48.0 Å². The van der Waals surface area contributed by atoms with E-state index in [1.807, 2.05) is 51.1 Å². The second-order valence-electron chi connectivity index (χ2n) is 14.0. The van der Waals surface area contributed by atoms with Gasteiger partial charge in [-0.25, -0.2) is 0 Å². The fraction of sp³-hybridized carbons (Fsp3) is 0.703. The van der Waals surface area contributed by atoms with Crippen LogP contribution in [0.15, 0.2) is 42.5 Å². The molecule has 1 aromatic carbocycles. The van der Waals surface area contributed by atoms with Gasteiger partial charge in [0.1, 0.15) is 12.1 Å². The lowest BCUT2D eigenvalue weighted by Crippen LogP contribution is -2.56. The Balaban J connectivity index is 1.68. The summed E-state index contributed by atoms with van der Waals surface area (Å²) in [6, 6.07) is 8.21. The normalized spacial score (nSPS) is 19.2. The van der Waals surface area contributed by atoms with E-state index in [1.165, 1.54) is 6.42 Å². The molecule has 1 heterocycles. The van der Waals surface area contributed by atoms with Gasteiger partial charge in [0.05, 0.1) is 18.1 Å². The van der Waals surface area contributed by atoms with Crippen molar-refractivity contribution in [2.75, 3.05) is 33.2 Å². The van der Waals surface area contributed by atoms with Gasteiger partial charge in [-0.05, 0) is 49.5 Å². The topological polar surface area (TPSA) is 122 Å². The quantitative estimate of drug-likeness (QED) is 0.180. The monoisotopic (exact) mass is 640 g/mol. The summed E-state index contributed by atoms with van der Waals surface area (Å²) in [6.07, 6.45) is 10.7. The number of carbonyl (C=O) groups is 3. The van der Waals surface area contributed by atoms with Crippen molar-refractivity contribution in [2.45, 2.75) is 116 Å². The van der Waals surface area contributed by atoms with E-state index in [2.05, 4.69) is 27.7 Å². The average molecular weight is 641 g/mol. The van der Waals surface area contributed by atoms with Gasteiger partial charge in [-0.2, -0.15) is 0 Å². The summed E-state index contributed by atoms with van der Waals surface area (Å²) in [4.78, 5) is 44.8. The van der Waals surface area contributed by atoms with Crippen LogP contribution >= 0.6 is 0 Å². The molecule has 1 unspecified atom stereocenters. The number of benzene rings is 1. The molecule has 1 saturated carbocycles. The molecule has 0 radical (unpaired) electrons. The summed E-state index contributed by atoms with van der Waals surface area (Å²) in [7, 11) is 1.79. The predicted molar refractivity (Wildman–Crippen MR) is 183 cm³/mol. The summed E-state index contributed by atoms with van der Waals surface area (Å²) >= 11 is 0. The number of nitrogens with one attached hydrogen (secondary N) is 2. The van der Waals surface area contributed by atoms with Gasteiger partial charge >= 0.3 is 0 Å². The first-order valence-corrected chi connectivity index (χ1v) is 17.7. The predicted octanol–water partition coefficient (Wildman–Crippen LogP) is 4.07. The summed E-state index contributed by atoms with van der Waals surface area (Å²) in [5.41, 5.74) is 0.950. The van der Waals surface area contributed by atoms with Crippen molar-refractivity contribution in [3.63, 3.8) is 0 Å². The van der Waals surface area contributed by atoms with Crippen LogP contribution in [0.1, 0.15) is 90.5 Å². The van der Waals surface area contributed by atoms with Crippen LogP contribution in [0.25, 0.3) is 0 Å². The van der Waals surface area contributed by atoms with Crippen LogP contribution in [-0.2, 0) is 20.8 Å². The Morgan fingerprint density at radius 2 is 1.72 bits per heavy atom. The van der Waals surface area contributed by atoms with Gasteiger partial charge in [0, 0.05) is 39.6 Å². The number of likely N-dealkylation sites (N-methyl/N-ethyl adjacent to an activating group) is 1. The first-order valence-electron chi connectivity index (χ1n) is 17.7. The van der Waals surface area contributed by atoms with Gasteiger partial charge in [-0.3, -0.25) is 19.3 Å². The Kier molecular flexibility index (Phi) is 16.2. The molecule has 9 heteroatoms. The second kappa shape index (κ2) is 19.8. The molecule has 0 aromatic heterocycles. The molecule has 3 rings (SSSR count). The van der Waals surface area contributed by atoms with E-state index in [4.69, 9.17) is 0 Å². The molecule has 0 spiro atoms. The maximum atomic E-state index is 13.8. The molecular formula is C37H60N4O5.